The average molecular weight is 229 g/mol. The highest BCUT2D eigenvalue weighted by Crippen LogP contribution is 2.08. The molecule has 0 aromatic heterocycles. The second-order valence-electron chi connectivity index (χ2n) is 4.19. The van der Waals surface area contributed by atoms with Gasteiger partial charge in [-0.25, -0.2) is 4.79 Å². The van der Waals surface area contributed by atoms with Gasteiger partial charge >= 0.3 is 6.03 Å². The van der Waals surface area contributed by atoms with E-state index in [2.05, 4.69) is 10.6 Å². The highest BCUT2D eigenvalue weighted by atomic mass is 16.2. The van der Waals surface area contributed by atoms with Crippen molar-refractivity contribution < 1.29 is 9.59 Å². The molecule has 0 bridgehead atoms. The first kappa shape index (κ1) is 14.7. The summed E-state index contributed by atoms with van der Waals surface area (Å²) in [7, 11) is 0. The zero-order valence-electron chi connectivity index (χ0n) is 10.5. The normalized spacial score (nSPS) is 16.0. The fourth-order valence-electron chi connectivity index (χ4n) is 1.29. The zero-order chi connectivity index (χ0) is 12.7. The summed E-state index contributed by atoms with van der Waals surface area (Å²) in [6.07, 6.45) is 1.66. The standard InChI is InChI=1S/C11H23N3O2/c1-5-7(3)9(14-11(12)16)10(15)13-8(4)6-2/h7-9H,5-6H2,1-4H3,(H,13,15)(H3,12,14,16)/t7-,8+,9+/m1/s1. The third kappa shape index (κ3) is 5.00. The van der Waals surface area contributed by atoms with Crippen molar-refractivity contribution in [3.05, 3.63) is 0 Å². The topological polar surface area (TPSA) is 84.2 Å². The number of urea groups is 1. The zero-order valence-corrected chi connectivity index (χ0v) is 10.5. The fraction of sp³-hybridized carbons (Fsp3) is 0.818. The van der Waals surface area contributed by atoms with E-state index in [9.17, 15) is 9.59 Å². The Kier molecular flexibility index (Phi) is 6.53. The third-order valence-corrected chi connectivity index (χ3v) is 2.79. The van der Waals surface area contributed by atoms with Crippen LogP contribution in [-0.4, -0.2) is 24.0 Å². The van der Waals surface area contributed by atoms with Crippen LogP contribution in [-0.2, 0) is 4.79 Å². The highest BCUT2D eigenvalue weighted by molar-refractivity contribution is 5.86. The van der Waals surface area contributed by atoms with E-state index in [0.29, 0.717) is 0 Å². The van der Waals surface area contributed by atoms with Crippen LogP contribution < -0.4 is 16.4 Å². The number of nitrogens with two attached hydrogens (primary N) is 1. The molecule has 0 aliphatic rings. The summed E-state index contributed by atoms with van der Waals surface area (Å²) < 4.78 is 0. The molecule has 0 fully saturated rings. The van der Waals surface area contributed by atoms with Gasteiger partial charge in [0.1, 0.15) is 6.04 Å². The molecular weight excluding hydrogens is 206 g/mol. The van der Waals surface area contributed by atoms with Gasteiger partial charge in [0.05, 0.1) is 0 Å². The summed E-state index contributed by atoms with van der Waals surface area (Å²) in [5.74, 6) is -0.0981. The first-order valence-corrected chi connectivity index (χ1v) is 5.78. The third-order valence-electron chi connectivity index (χ3n) is 2.79. The number of hydrogen-bond acceptors (Lipinski definition) is 2. The summed E-state index contributed by atoms with van der Waals surface area (Å²) >= 11 is 0. The van der Waals surface area contributed by atoms with E-state index in [1.54, 1.807) is 0 Å². The van der Waals surface area contributed by atoms with Crippen LogP contribution in [0.4, 0.5) is 4.79 Å². The Labute approximate surface area is 97.2 Å². The molecule has 4 N–H and O–H groups in total. The van der Waals surface area contributed by atoms with Crippen molar-refractivity contribution >= 4 is 11.9 Å². The van der Waals surface area contributed by atoms with Gasteiger partial charge in [-0.05, 0) is 19.3 Å². The minimum Gasteiger partial charge on any atom is -0.352 e. The van der Waals surface area contributed by atoms with Gasteiger partial charge in [-0.2, -0.15) is 0 Å². The van der Waals surface area contributed by atoms with Crippen LogP contribution in [0.25, 0.3) is 0 Å². The number of carbonyl (C=O) groups excluding carboxylic acids is 2. The molecule has 5 heteroatoms. The molecule has 0 heterocycles. The monoisotopic (exact) mass is 229 g/mol. The second-order valence-corrected chi connectivity index (χ2v) is 4.19. The Morgan fingerprint density at radius 3 is 2.06 bits per heavy atom. The van der Waals surface area contributed by atoms with Crippen molar-refractivity contribution in [3.8, 4) is 0 Å². The molecule has 0 saturated carbocycles. The van der Waals surface area contributed by atoms with E-state index in [-0.39, 0.29) is 17.9 Å². The molecule has 0 aromatic carbocycles. The maximum atomic E-state index is 11.9. The van der Waals surface area contributed by atoms with Crippen LogP contribution in [0.3, 0.4) is 0 Å². The van der Waals surface area contributed by atoms with Crippen LogP contribution in [0.5, 0.6) is 0 Å². The number of nitrogens with one attached hydrogen (secondary N) is 2. The van der Waals surface area contributed by atoms with Crippen LogP contribution in [0.2, 0.25) is 0 Å². The summed E-state index contributed by atoms with van der Waals surface area (Å²) in [4.78, 5) is 22.7. The van der Waals surface area contributed by atoms with Gasteiger partial charge in [0.15, 0.2) is 0 Å². The van der Waals surface area contributed by atoms with Crippen molar-refractivity contribution in [2.24, 2.45) is 11.7 Å². The van der Waals surface area contributed by atoms with E-state index < -0.39 is 12.1 Å². The summed E-state index contributed by atoms with van der Waals surface area (Å²) in [5.41, 5.74) is 5.06. The number of primary amides is 1. The molecule has 16 heavy (non-hydrogen) atoms. The maximum absolute atomic E-state index is 11.9. The Hall–Kier alpha value is -1.26. The SMILES string of the molecule is CC[C@@H](C)[C@H](NC(N)=O)C(=O)N[C@@H](C)CC. The molecule has 3 amide bonds. The number of amides is 3. The lowest BCUT2D eigenvalue weighted by Crippen LogP contribution is -2.53. The Morgan fingerprint density at radius 1 is 1.12 bits per heavy atom. The fourth-order valence-corrected chi connectivity index (χ4v) is 1.29. The van der Waals surface area contributed by atoms with Gasteiger partial charge in [-0.15, -0.1) is 0 Å². The average Bonchev–Trinajstić information content (AvgIpc) is 2.24. The molecule has 0 aliphatic carbocycles. The molecule has 0 aliphatic heterocycles. The van der Waals surface area contributed by atoms with Gasteiger partial charge in [0, 0.05) is 6.04 Å². The first-order chi connectivity index (χ1) is 7.42. The van der Waals surface area contributed by atoms with E-state index >= 15 is 0 Å². The molecule has 0 spiro atoms. The Bertz CT molecular complexity index is 243. The molecule has 94 valence electrons. The van der Waals surface area contributed by atoms with Gasteiger partial charge in [-0.1, -0.05) is 27.2 Å². The highest BCUT2D eigenvalue weighted by Gasteiger charge is 2.25. The van der Waals surface area contributed by atoms with Crippen LogP contribution in [0.1, 0.15) is 40.5 Å². The predicted octanol–water partition coefficient (Wildman–Crippen LogP) is 0.984. The Morgan fingerprint density at radius 2 is 1.69 bits per heavy atom. The van der Waals surface area contributed by atoms with Crippen molar-refractivity contribution in [3.63, 3.8) is 0 Å². The van der Waals surface area contributed by atoms with Crippen molar-refractivity contribution in [2.75, 3.05) is 0 Å². The van der Waals surface area contributed by atoms with Gasteiger partial charge in [0.2, 0.25) is 5.91 Å². The summed E-state index contributed by atoms with van der Waals surface area (Å²) in [6, 6.07) is -1.10. The van der Waals surface area contributed by atoms with E-state index in [1.165, 1.54) is 0 Å². The smallest absolute Gasteiger partial charge is 0.312 e. The van der Waals surface area contributed by atoms with Gasteiger partial charge in [-0.3, -0.25) is 4.79 Å². The molecule has 3 atom stereocenters. The van der Waals surface area contributed by atoms with E-state index in [1.807, 2.05) is 27.7 Å². The predicted molar refractivity (Wildman–Crippen MR) is 63.9 cm³/mol. The van der Waals surface area contributed by atoms with E-state index in [4.69, 9.17) is 5.73 Å². The molecular formula is C11H23N3O2. The number of rotatable bonds is 6. The molecule has 0 aromatic rings. The molecule has 5 nitrogen and oxygen atoms in total. The van der Waals surface area contributed by atoms with Crippen LogP contribution >= 0.6 is 0 Å². The van der Waals surface area contributed by atoms with Crippen molar-refractivity contribution in [1.29, 1.82) is 0 Å². The largest absolute Gasteiger partial charge is 0.352 e. The summed E-state index contributed by atoms with van der Waals surface area (Å²) in [6.45, 7) is 7.80. The molecule has 0 rings (SSSR count). The van der Waals surface area contributed by atoms with Gasteiger partial charge < -0.3 is 16.4 Å². The first-order valence-electron chi connectivity index (χ1n) is 5.78. The maximum Gasteiger partial charge on any atom is 0.312 e. The quantitative estimate of drug-likeness (QED) is 0.634. The number of hydrogen-bond donors (Lipinski definition) is 3. The second kappa shape index (κ2) is 7.09. The lowest BCUT2D eigenvalue weighted by Gasteiger charge is -2.24. The molecule has 0 unspecified atom stereocenters. The van der Waals surface area contributed by atoms with Crippen LogP contribution in [0.15, 0.2) is 0 Å². The van der Waals surface area contributed by atoms with Gasteiger partial charge in [0.25, 0.3) is 0 Å². The van der Waals surface area contributed by atoms with Crippen molar-refractivity contribution in [1.82, 2.24) is 10.6 Å². The lowest BCUT2D eigenvalue weighted by molar-refractivity contribution is -0.124. The number of carbonyl (C=O) groups is 2. The molecule has 0 saturated heterocycles. The van der Waals surface area contributed by atoms with E-state index in [0.717, 1.165) is 12.8 Å². The Balaban J connectivity index is 4.49. The summed E-state index contributed by atoms with van der Waals surface area (Å²) in [5, 5.41) is 5.33. The van der Waals surface area contributed by atoms with Crippen LogP contribution in [0, 0.1) is 5.92 Å². The lowest BCUT2D eigenvalue weighted by atomic mass is 9.98. The minimum atomic E-state index is -0.662. The van der Waals surface area contributed by atoms with Crippen molar-refractivity contribution in [2.45, 2.75) is 52.6 Å². The minimum absolute atomic E-state index is 0.0663. The molecule has 0 radical (unpaired) electrons.